The number of benzene rings is 4. The zero-order valence-electron chi connectivity index (χ0n) is 14.5. The lowest BCUT2D eigenvalue weighted by Gasteiger charge is -2.10. The fourth-order valence-electron chi connectivity index (χ4n) is 3.70. The summed E-state index contributed by atoms with van der Waals surface area (Å²) in [5, 5.41) is 5.17. The molecule has 2 nitrogen and oxygen atoms in total. The molecule has 0 aliphatic carbocycles. The Balaban J connectivity index is 2.11. The van der Waals surface area contributed by atoms with E-state index in [1.165, 1.54) is 31.8 Å². The van der Waals surface area contributed by atoms with Gasteiger partial charge in [-0.15, -0.1) is 0 Å². The van der Waals surface area contributed by atoms with E-state index in [1.807, 2.05) is 0 Å². The molecule has 0 N–H and O–H groups in total. The first kappa shape index (κ1) is 15.4. The van der Waals surface area contributed by atoms with Crippen molar-refractivity contribution in [2.24, 2.45) is 4.99 Å². The van der Waals surface area contributed by atoms with Gasteiger partial charge in [-0.1, -0.05) is 78.1 Å². The standard InChI is InChI=1S/C23H18N2S/c1-2-24-23-25(16-10-4-3-5-11-16)21-19-14-8-6-12-17(19)18-13-7-9-15-20(18)22(21)26-23/h3-15H,2H2,1H3. The van der Waals surface area contributed by atoms with Gasteiger partial charge in [-0.05, 0) is 29.8 Å². The van der Waals surface area contributed by atoms with Crippen LogP contribution in [0.25, 0.3) is 37.4 Å². The van der Waals surface area contributed by atoms with Gasteiger partial charge in [0, 0.05) is 23.0 Å². The molecule has 0 fully saturated rings. The molecular weight excluding hydrogens is 336 g/mol. The normalized spacial score (nSPS) is 12.4. The van der Waals surface area contributed by atoms with Gasteiger partial charge in [-0.25, -0.2) is 0 Å². The van der Waals surface area contributed by atoms with Gasteiger partial charge in [0.15, 0.2) is 4.80 Å². The molecular formula is C23H18N2S. The van der Waals surface area contributed by atoms with Crippen LogP contribution < -0.4 is 4.80 Å². The topological polar surface area (TPSA) is 17.3 Å². The summed E-state index contributed by atoms with van der Waals surface area (Å²) in [6.07, 6.45) is 0. The van der Waals surface area contributed by atoms with Crippen molar-refractivity contribution in [3.05, 3.63) is 83.7 Å². The average Bonchev–Trinajstić information content (AvgIpc) is 3.09. The lowest BCUT2D eigenvalue weighted by atomic mass is 10.0. The highest BCUT2D eigenvalue weighted by molar-refractivity contribution is 7.17. The van der Waals surface area contributed by atoms with Gasteiger partial charge in [-0.3, -0.25) is 9.56 Å². The maximum absolute atomic E-state index is 4.82. The molecule has 0 radical (unpaired) electrons. The van der Waals surface area contributed by atoms with E-state index in [9.17, 15) is 0 Å². The third-order valence-corrected chi connectivity index (χ3v) is 5.89. The van der Waals surface area contributed by atoms with Crippen LogP contribution >= 0.6 is 11.3 Å². The summed E-state index contributed by atoms with van der Waals surface area (Å²) >= 11 is 1.78. The molecule has 0 saturated carbocycles. The molecule has 3 heteroatoms. The third-order valence-electron chi connectivity index (χ3n) is 4.78. The molecule has 5 aromatic rings. The summed E-state index contributed by atoms with van der Waals surface area (Å²) in [5.41, 5.74) is 2.41. The second-order valence-corrected chi connectivity index (χ2v) is 7.28. The molecule has 0 amide bonds. The molecule has 1 aromatic heterocycles. The van der Waals surface area contributed by atoms with Crippen molar-refractivity contribution in [1.29, 1.82) is 0 Å². The van der Waals surface area contributed by atoms with Crippen molar-refractivity contribution < 1.29 is 0 Å². The number of thiazole rings is 1. The Morgan fingerprint density at radius 3 is 2.00 bits per heavy atom. The number of hydrogen-bond acceptors (Lipinski definition) is 2. The van der Waals surface area contributed by atoms with Gasteiger partial charge >= 0.3 is 0 Å². The van der Waals surface area contributed by atoms with Crippen LogP contribution in [-0.4, -0.2) is 11.1 Å². The number of nitrogens with zero attached hydrogens (tertiary/aromatic N) is 2. The third kappa shape index (κ3) is 2.21. The van der Waals surface area contributed by atoms with E-state index in [0.717, 1.165) is 17.0 Å². The predicted molar refractivity (Wildman–Crippen MR) is 112 cm³/mol. The predicted octanol–water partition coefficient (Wildman–Crippen LogP) is 5.92. The molecule has 0 bridgehead atoms. The largest absolute Gasteiger partial charge is 0.285 e. The molecule has 0 atom stereocenters. The second-order valence-electron chi connectivity index (χ2n) is 6.30. The maximum Gasteiger partial charge on any atom is 0.190 e. The monoisotopic (exact) mass is 354 g/mol. The highest BCUT2D eigenvalue weighted by Gasteiger charge is 2.15. The lowest BCUT2D eigenvalue weighted by molar-refractivity contribution is 0.973. The van der Waals surface area contributed by atoms with E-state index >= 15 is 0 Å². The first-order valence-corrected chi connectivity index (χ1v) is 9.71. The van der Waals surface area contributed by atoms with Crippen LogP contribution in [0.3, 0.4) is 0 Å². The fraction of sp³-hybridized carbons (Fsp3) is 0.0870. The van der Waals surface area contributed by atoms with E-state index < -0.39 is 0 Å². The summed E-state index contributed by atoms with van der Waals surface area (Å²) in [6, 6.07) is 27.9. The second kappa shape index (κ2) is 6.11. The van der Waals surface area contributed by atoms with E-state index in [-0.39, 0.29) is 0 Å². The van der Waals surface area contributed by atoms with Gasteiger partial charge in [-0.2, -0.15) is 0 Å². The molecule has 5 rings (SSSR count). The Hall–Kier alpha value is -2.91. The molecule has 1 heterocycles. The number of hydrogen-bond donors (Lipinski definition) is 0. The van der Waals surface area contributed by atoms with Crippen LogP contribution in [0, 0.1) is 0 Å². The highest BCUT2D eigenvalue weighted by atomic mass is 32.1. The Bertz CT molecular complexity index is 1310. The van der Waals surface area contributed by atoms with E-state index in [2.05, 4.69) is 90.4 Å². The zero-order valence-corrected chi connectivity index (χ0v) is 15.3. The number of para-hydroxylation sites is 1. The van der Waals surface area contributed by atoms with Crippen molar-refractivity contribution in [1.82, 2.24) is 4.57 Å². The minimum absolute atomic E-state index is 0.773. The summed E-state index contributed by atoms with van der Waals surface area (Å²) in [6.45, 7) is 2.87. The van der Waals surface area contributed by atoms with E-state index in [0.29, 0.717) is 0 Å². The molecule has 0 saturated heterocycles. The highest BCUT2D eigenvalue weighted by Crippen LogP contribution is 2.37. The van der Waals surface area contributed by atoms with Crippen molar-refractivity contribution in [2.45, 2.75) is 6.92 Å². The van der Waals surface area contributed by atoms with Gasteiger partial charge < -0.3 is 0 Å². The fourth-order valence-corrected chi connectivity index (χ4v) is 4.95. The van der Waals surface area contributed by atoms with E-state index in [1.54, 1.807) is 11.3 Å². The van der Waals surface area contributed by atoms with Crippen molar-refractivity contribution >= 4 is 43.1 Å². The van der Waals surface area contributed by atoms with Crippen molar-refractivity contribution in [2.75, 3.05) is 6.54 Å². The average molecular weight is 354 g/mol. The lowest BCUT2D eigenvalue weighted by Crippen LogP contribution is -2.13. The Morgan fingerprint density at radius 2 is 1.31 bits per heavy atom. The molecule has 0 unspecified atom stereocenters. The molecule has 26 heavy (non-hydrogen) atoms. The number of fused-ring (bicyclic) bond motifs is 6. The minimum atomic E-state index is 0.773. The summed E-state index contributed by atoms with van der Waals surface area (Å²) in [7, 11) is 0. The summed E-state index contributed by atoms with van der Waals surface area (Å²) in [5.74, 6) is 0. The van der Waals surface area contributed by atoms with Gasteiger partial charge in [0.05, 0.1) is 10.2 Å². The quantitative estimate of drug-likeness (QED) is 0.350. The van der Waals surface area contributed by atoms with Crippen LogP contribution in [-0.2, 0) is 0 Å². The van der Waals surface area contributed by atoms with Crippen LogP contribution in [0.15, 0.2) is 83.9 Å². The van der Waals surface area contributed by atoms with Gasteiger partial charge in [0.2, 0.25) is 0 Å². The Labute approximate surface area is 155 Å². The first-order chi connectivity index (χ1) is 12.9. The summed E-state index contributed by atoms with van der Waals surface area (Å²) in [4.78, 5) is 5.87. The minimum Gasteiger partial charge on any atom is -0.285 e. The summed E-state index contributed by atoms with van der Waals surface area (Å²) < 4.78 is 3.62. The Morgan fingerprint density at radius 1 is 0.731 bits per heavy atom. The zero-order chi connectivity index (χ0) is 17.5. The van der Waals surface area contributed by atoms with Crippen LogP contribution in [0.5, 0.6) is 0 Å². The number of aromatic nitrogens is 1. The first-order valence-electron chi connectivity index (χ1n) is 8.89. The van der Waals surface area contributed by atoms with Gasteiger partial charge in [0.25, 0.3) is 0 Å². The SMILES string of the molecule is CCN=c1sc2c3ccccc3c3ccccc3c2n1-c1ccccc1. The van der Waals surface area contributed by atoms with Gasteiger partial charge in [0.1, 0.15) is 0 Å². The maximum atomic E-state index is 4.82. The number of rotatable bonds is 2. The van der Waals surface area contributed by atoms with Crippen LogP contribution in [0.4, 0.5) is 0 Å². The van der Waals surface area contributed by atoms with Crippen LogP contribution in [0.1, 0.15) is 6.92 Å². The van der Waals surface area contributed by atoms with E-state index in [4.69, 9.17) is 4.99 Å². The molecule has 0 aliphatic rings. The van der Waals surface area contributed by atoms with Crippen LogP contribution in [0.2, 0.25) is 0 Å². The van der Waals surface area contributed by atoms with Crippen molar-refractivity contribution in [3.8, 4) is 5.69 Å². The smallest absolute Gasteiger partial charge is 0.190 e. The molecule has 0 aliphatic heterocycles. The molecule has 0 spiro atoms. The van der Waals surface area contributed by atoms with Crippen molar-refractivity contribution in [3.63, 3.8) is 0 Å². The Kier molecular flexibility index (Phi) is 3.61. The molecule has 4 aromatic carbocycles. The molecule has 126 valence electrons.